The molecule has 1 fully saturated rings. The average Bonchev–Trinajstić information content (AvgIpc) is 2.92. The molecule has 16 heavy (non-hydrogen) atoms. The summed E-state index contributed by atoms with van der Waals surface area (Å²) in [5, 5.41) is 6.71. The Bertz CT molecular complexity index is 317. The van der Waals surface area contributed by atoms with Crippen LogP contribution < -0.4 is 11.1 Å². The van der Waals surface area contributed by atoms with Crippen LogP contribution in [0.2, 0.25) is 0 Å². The number of nitrogens with zero attached hydrogens (tertiary/aromatic N) is 1. The summed E-state index contributed by atoms with van der Waals surface area (Å²) >= 11 is 1.70. The zero-order valence-corrected chi connectivity index (χ0v) is 10.9. The number of nitrogens with two attached hydrogens (primary N) is 1. The number of hydrogen-bond acceptors (Lipinski definition) is 4. The van der Waals surface area contributed by atoms with Crippen molar-refractivity contribution in [2.45, 2.75) is 44.7 Å². The van der Waals surface area contributed by atoms with E-state index in [1.54, 1.807) is 11.3 Å². The minimum Gasteiger partial charge on any atom is -0.327 e. The van der Waals surface area contributed by atoms with Crippen LogP contribution in [0.3, 0.4) is 0 Å². The Morgan fingerprint density at radius 2 is 2.38 bits per heavy atom. The van der Waals surface area contributed by atoms with Gasteiger partial charge in [-0.3, -0.25) is 0 Å². The molecule has 2 rings (SSSR count). The number of rotatable bonds is 6. The van der Waals surface area contributed by atoms with Gasteiger partial charge in [-0.2, -0.15) is 0 Å². The molecule has 1 aliphatic carbocycles. The molecule has 1 aliphatic rings. The van der Waals surface area contributed by atoms with E-state index < -0.39 is 0 Å². The fraction of sp³-hybridized carbons (Fsp3) is 0.750. The second-order valence-corrected chi connectivity index (χ2v) is 6.07. The van der Waals surface area contributed by atoms with E-state index in [2.05, 4.69) is 24.1 Å². The van der Waals surface area contributed by atoms with Crippen molar-refractivity contribution in [1.82, 2.24) is 10.3 Å². The van der Waals surface area contributed by atoms with E-state index in [9.17, 15) is 0 Å². The summed E-state index contributed by atoms with van der Waals surface area (Å²) in [6, 6.07) is 0.389. The fourth-order valence-corrected chi connectivity index (χ4v) is 2.66. The van der Waals surface area contributed by atoms with E-state index >= 15 is 0 Å². The van der Waals surface area contributed by atoms with Gasteiger partial charge in [-0.1, -0.05) is 0 Å². The topological polar surface area (TPSA) is 50.9 Å². The van der Waals surface area contributed by atoms with Gasteiger partial charge in [0.1, 0.15) is 5.01 Å². The second-order valence-electron chi connectivity index (χ2n) is 5.18. The molecule has 3 nitrogen and oxygen atoms in total. The van der Waals surface area contributed by atoms with Gasteiger partial charge >= 0.3 is 0 Å². The van der Waals surface area contributed by atoms with Crippen molar-refractivity contribution in [1.29, 1.82) is 0 Å². The highest BCUT2D eigenvalue weighted by Crippen LogP contribution is 2.32. The van der Waals surface area contributed by atoms with Crippen LogP contribution in [-0.4, -0.2) is 17.6 Å². The largest absolute Gasteiger partial charge is 0.327 e. The van der Waals surface area contributed by atoms with Crippen molar-refractivity contribution in [3.05, 3.63) is 16.6 Å². The quantitative estimate of drug-likeness (QED) is 0.799. The lowest BCUT2D eigenvalue weighted by Crippen LogP contribution is -2.39. The number of nitrogens with one attached hydrogen (secondary N) is 1. The molecular weight excluding hydrogens is 218 g/mol. The molecule has 0 radical (unpaired) electrons. The van der Waals surface area contributed by atoms with Crippen molar-refractivity contribution in [3.8, 4) is 0 Å². The summed E-state index contributed by atoms with van der Waals surface area (Å²) < 4.78 is 0. The molecule has 0 amide bonds. The molecule has 1 aromatic rings. The van der Waals surface area contributed by atoms with E-state index in [0.29, 0.717) is 6.04 Å². The molecule has 0 spiro atoms. The monoisotopic (exact) mass is 239 g/mol. The van der Waals surface area contributed by atoms with E-state index in [-0.39, 0.29) is 5.54 Å². The van der Waals surface area contributed by atoms with Crippen molar-refractivity contribution in [2.75, 3.05) is 6.54 Å². The van der Waals surface area contributed by atoms with Crippen LogP contribution in [0.5, 0.6) is 0 Å². The van der Waals surface area contributed by atoms with Gasteiger partial charge in [-0.15, -0.1) is 11.3 Å². The molecule has 4 heteroatoms. The van der Waals surface area contributed by atoms with Crippen molar-refractivity contribution in [2.24, 2.45) is 11.7 Å². The highest BCUT2D eigenvalue weighted by Gasteiger charge is 2.29. The number of hydrogen-bond donors (Lipinski definition) is 2. The molecule has 90 valence electrons. The molecule has 0 saturated heterocycles. The Morgan fingerprint density at radius 1 is 1.62 bits per heavy atom. The van der Waals surface area contributed by atoms with Crippen LogP contribution in [0.25, 0.3) is 0 Å². The second kappa shape index (κ2) is 4.82. The molecule has 0 aliphatic heterocycles. The van der Waals surface area contributed by atoms with Gasteiger partial charge in [0.15, 0.2) is 0 Å². The Morgan fingerprint density at radius 3 is 2.94 bits per heavy atom. The zero-order valence-electron chi connectivity index (χ0n) is 10.1. The first-order valence-electron chi connectivity index (χ1n) is 6.00. The molecule has 3 N–H and O–H groups in total. The minimum atomic E-state index is -0.0303. The van der Waals surface area contributed by atoms with E-state index in [1.807, 2.05) is 11.6 Å². The normalized spacial score (nSPS) is 18.7. The third-order valence-electron chi connectivity index (χ3n) is 3.24. The summed E-state index contributed by atoms with van der Waals surface area (Å²) in [5.41, 5.74) is 6.04. The lowest BCUT2D eigenvalue weighted by atomic mass is 10.1. The maximum atomic E-state index is 6.07. The van der Waals surface area contributed by atoms with Crippen LogP contribution in [0.1, 0.15) is 38.1 Å². The highest BCUT2D eigenvalue weighted by atomic mass is 32.1. The summed E-state index contributed by atoms with van der Waals surface area (Å²) in [7, 11) is 0. The smallest absolute Gasteiger partial charge is 0.112 e. The third kappa shape index (κ3) is 3.03. The van der Waals surface area contributed by atoms with Crippen LogP contribution in [0.15, 0.2) is 11.6 Å². The lowest BCUT2D eigenvalue weighted by Gasteiger charge is -2.24. The SMILES string of the molecule is CC(C)(NCCC(N)C1CC1)c1nccs1. The van der Waals surface area contributed by atoms with Gasteiger partial charge in [0, 0.05) is 17.6 Å². The first-order chi connectivity index (χ1) is 7.59. The van der Waals surface area contributed by atoms with Gasteiger partial charge in [-0.05, 0) is 45.6 Å². The van der Waals surface area contributed by atoms with Crippen molar-refractivity contribution < 1.29 is 0 Å². The third-order valence-corrected chi connectivity index (χ3v) is 4.34. The lowest BCUT2D eigenvalue weighted by molar-refractivity contribution is 0.382. The molecule has 1 heterocycles. The van der Waals surface area contributed by atoms with Gasteiger partial charge in [0.2, 0.25) is 0 Å². The molecule has 1 atom stereocenters. The van der Waals surface area contributed by atoms with Gasteiger partial charge in [-0.25, -0.2) is 4.98 Å². The summed E-state index contributed by atoms with van der Waals surface area (Å²) in [6.07, 6.45) is 5.59. The summed E-state index contributed by atoms with van der Waals surface area (Å²) in [6.45, 7) is 5.33. The maximum absolute atomic E-state index is 6.07. The Hall–Kier alpha value is -0.450. The van der Waals surface area contributed by atoms with Gasteiger partial charge < -0.3 is 11.1 Å². The zero-order chi connectivity index (χ0) is 11.6. The fourth-order valence-electron chi connectivity index (χ4n) is 1.92. The summed E-state index contributed by atoms with van der Waals surface area (Å²) in [5.74, 6) is 0.796. The van der Waals surface area contributed by atoms with E-state index in [1.165, 1.54) is 12.8 Å². The molecule has 1 saturated carbocycles. The molecular formula is C12H21N3S. The molecule has 1 aromatic heterocycles. The van der Waals surface area contributed by atoms with E-state index in [4.69, 9.17) is 5.73 Å². The first-order valence-corrected chi connectivity index (χ1v) is 6.88. The van der Waals surface area contributed by atoms with Gasteiger partial charge in [0.25, 0.3) is 0 Å². The van der Waals surface area contributed by atoms with Crippen LogP contribution in [-0.2, 0) is 5.54 Å². The average molecular weight is 239 g/mol. The highest BCUT2D eigenvalue weighted by molar-refractivity contribution is 7.09. The van der Waals surface area contributed by atoms with E-state index in [0.717, 1.165) is 23.9 Å². The molecule has 0 aromatic carbocycles. The molecule has 0 bridgehead atoms. The van der Waals surface area contributed by atoms with Gasteiger partial charge in [0.05, 0.1) is 5.54 Å². The Kier molecular flexibility index (Phi) is 3.62. The Labute approximate surface area is 101 Å². The van der Waals surface area contributed by atoms with Crippen molar-refractivity contribution >= 4 is 11.3 Å². The number of aromatic nitrogens is 1. The maximum Gasteiger partial charge on any atom is 0.112 e. The predicted octanol–water partition coefficient (Wildman–Crippen LogP) is 2.10. The van der Waals surface area contributed by atoms with Crippen molar-refractivity contribution in [3.63, 3.8) is 0 Å². The number of thiazole rings is 1. The Balaban J connectivity index is 1.76. The predicted molar refractivity (Wildman–Crippen MR) is 68.5 cm³/mol. The van der Waals surface area contributed by atoms with Crippen LogP contribution in [0.4, 0.5) is 0 Å². The van der Waals surface area contributed by atoms with Crippen LogP contribution >= 0.6 is 11.3 Å². The molecule has 1 unspecified atom stereocenters. The van der Waals surface area contributed by atoms with Crippen LogP contribution in [0, 0.1) is 5.92 Å². The summed E-state index contributed by atoms with van der Waals surface area (Å²) in [4.78, 5) is 4.36. The minimum absolute atomic E-state index is 0.0303. The first kappa shape index (κ1) is 12.0. The standard InChI is InChI=1S/C12H21N3S/c1-12(2,11-14-7-8-16-11)15-6-5-10(13)9-3-4-9/h7-10,15H,3-6,13H2,1-2H3.